The van der Waals surface area contributed by atoms with E-state index in [9.17, 15) is 4.79 Å². The number of nitrogens with one attached hydrogen (secondary N) is 1. The quantitative estimate of drug-likeness (QED) is 0.207. The van der Waals surface area contributed by atoms with Crippen LogP contribution in [0.1, 0.15) is 36.1 Å². The van der Waals surface area contributed by atoms with E-state index in [4.69, 9.17) is 14.2 Å². The van der Waals surface area contributed by atoms with E-state index in [1.54, 1.807) is 56.3 Å². The number of ether oxygens (including phenoxy) is 3. The number of nitrogens with zero attached hydrogens (tertiary/aromatic N) is 3. The molecule has 0 fully saturated rings. The van der Waals surface area contributed by atoms with Crippen molar-refractivity contribution in [3.05, 3.63) is 72.6 Å². The normalized spacial score (nSPS) is 11.7. The summed E-state index contributed by atoms with van der Waals surface area (Å²) < 4.78 is 18.2. The van der Waals surface area contributed by atoms with Gasteiger partial charge >= 0.3 is 0 Å². The lowest BCUT2D eigenvalue weighted by molar-refractivity contribution is 0.0922. The number of hydrogen-bond donors (Lipinski definition) is 1. The molecular weight excluding hydrogens is 464 g/mol. The van der Waals surface area contributed by atoms with Crippen LogP contribution in [0.3, 0.4) is 0 Å². The standard InChI is InChI=1S/C26H32N4O4S/c1-6-15-30-24(23(18(2)3)27-25(31)19-7-9-20(32-4)10-8-19)28-29-26(30)35-17-16-34-22-13-11-21(33-5)12-14-22/h6-14,18,23H,1,15-17H2,2-5H3,(H,27,31)/t23-/m0/s1. The third-order valence-corrected chi connectivity index (χ3v) is 6.21. The Morgan fingerprint density at radius 2 is 1.63 bits per heavy atom. The third kappa shape index (κ3) is 7.02. The highest BCUT2D eigenvalue weighted by Gasteiger charge is 2.26. The van der Waals surface area contributed by atoms with Crippen LogP contribution in [0.15, 0.2) is 66.3 Å². The first-order valence-electron chi connectivity index (χ1n) is 11.3. The number of thioether (sulfide) groups is 1. The van der Waals surface area contributed by atoms with Gasteiger partial charge in [-0.15, -0.1) is 16.8 Å². The molecule has 1 aromatic heterocycles. The highest BCUT2D eigenvalue weighted by atomic mass is 32.2. The number of aromatic nitrogens is 3. The van der Waals surface area contributed by atoms with Crippen molar-refractivity contribution in [1.29, 1.82) is 0 Å². The van der Waals surface area contributed by atoms with Gasteiger partial charge in [0.2, 0.25) is 0 Å². The van der Waals surface area contributed by atoms with Crippen LogP contribution in [0.25, 0.3) is 0 Å². The predicted octanol–water partition coefficient (Wildman–Crippen LogP) is 4.78. The number of methoxy groups -OCH3 is 2. The summed E-state index contributed by atoms with van der Waals surface area (Å²) in [5.74, 6) is 3.57. The van der Waals surface area contributed by atoms with E-state index in [-0.39, 0.29) is 17.9 Å². The zero-order valence-corrected chi connectivity index (χ0v) is 21.4. The van der Waals surface area contributed by atoms with Crippen LogP contribution in [0.5, 0.6) is 17.2 Å². The van der Waals surface area contributed by atoms with Gasteiger partial charge in [0, 0.05) is 17.9 Å². The molecule has 3 rings (SSSR count). The fourth-order valence-electron chi connectivity index (χ4n) is 3.40. The van der Waals surface area contributed by atoms with Gasteiger partial charge in [-0.3, -0.25) is 4.79 Å². The van der Waals surface area contributed by atoms with Gasteiger partial charge in [0.25, 0.3) is 5.91 Å². The molecule has 9 heteroatoms. The van der Waals surface area contributed by atoms with Crippen molar-refractivity contribution in [2.45, 2.75) is 31.6 Å². The number of carbonyl (C=O) groups is 1. The molecule has 186 valence electrons. The number of rotatable bonds is 13. The molecule has 1 atom stereocenters. The first kappa shape index (κ1) is 26.2. The maximum atomic E-state index is 12.9. The summed E-state index contributed by atoms with van der Waals surface area (Å²) in [6.07, 6.45) is 1.80. The lowest BCUT2D eigenvalue weighted by atomic mass is 10.0. The zero-order valence-electron chi connectivity index (χ0n) is 20.6. The smallest absolute Gasteiger partial charge is 0.251 e. The summed E-state index contributed by atoms with van der Waals surface area (Å²) in [6.45, 7) is 9.01. The molecule has 0 bridgehead atoms. The summed E-state index contributed by atoms with van der Waals surface area (Å²) >= 11 is 1.55. The molecule has 1 amide bonds. The number of benzene rings is 2. The van der Waals surface area contributed by atoms with Crippen LogP contribution >= 0.6 is 11.8 Å². The van der Waals surface area contributed by atoms with Crippen LogP contribution in [-0.4, -0.2) is 47.3 Å². The predicted molar refractivity (Wildman–Crippen MR) is 137 cm³/mol. The number of amides is 1. The number of hydrogen-bond acceptors (Lipinski definition) is 7. The minimum Gasteiger partial charge on any atom is -0.497 e. The molecule has 3 aromatic rings. The monoisotopic (exact) mass is 496 g/mol. The van der Waals surface area contributed by atoms with Crippen molar-refractivity contribution in [1.82, 2.24) is 20.1 Å². The van der Waals surface area contributed by atoms with E-state index in [1.165, 1.54) is 0 Å². The van der Waals surface area contributed by atoms with E-state index < -0.39 is 0 Å². The summed E-state index contributed by atoms with van der Waals surface area (Å²) in [4.78, 5) is 12.9. The van der Waals surface area contributed by atoms with Crippen LogP contribution < -0.4 is 19.5 Å². The van der Waals surface area contributed by atoms with E-state index >= 15 is 0 Å². The van der Waals surface area contributed by atoms with Crippen molar-refractivity contribution in [2.75, 3.05) is 26.6 Å². The first-order valence-corrected chi connectivity index (χ1v) is 12.3. The number of carbonyl (C=O) groups excluding carboxylic acids is 1. The second-order valence-corrected chi connectivity index (χ2v) is 9.10. The average molecular weight is 497 g/mol. The molecular formula is C26H32N4O4S. The molecule has 0 aliphatic heterocycles. The maximum Gasteiger partial charge on any atom is 0.251 e. The second kappa shape index (κ2) is 12.9. The minimum absolute atomic E-state index is 0.0984. The van der Waals surface area contributed by atoms with Crippen LogP contribution in [0.2, 0.25) is 0 Å². The molecule has 1 heterocycles. The summed E-state index contributed by atoms with van der Waals surface area (Å²) in [5.41, 5.74) is 0.552. The molecule has 1 N–H and O–H groups in total. The van der Waals surface area contributed by atoms with E-state index in [0.29, 0.717) is 36.0 Å². The van der Waals surface area contributed by atoms with Gasteiger partial charge < -0.3 is 24.1 Å². The summed E-state index contributed by atoms with van der Waals surface area (Å²) in [5, 5.41) is 12.7. The van der Waals surface area contributed by atoms with Gasteiger partial charge in [-0.1, -0.05) is 31.7 Å². The van der Waals surface area contributed by atoms with Gasteiger partial charge in [0.05, 0.1) is 26.9 Å². The lowest BCUT2D eigenvalue weighted by Crippen LogP contribution is -2.33. The van der Waals surface area contributed by atoms with Crippen LogP contribution in [0.4, 0.5) is 0 Å². The van der Waals surface area contributed by atoms with Crippen molar-refractivity contribution < 1.29 is 19.0 Å². The van der Waals surface area contributed by atoms with Gasteiger partial charge in [0.15, 0.2) is 11.0 Å². The fraction of sp³-hybridized carbons (Fsp3) is 0.346. The Balaban J connectivity index is 1.67. The second-order valence-electron chi connectivity index (χ2n) is 8.04. The maximum absolute atomic E-state index is 12.9. The molecule has 2 aromatic carbocycles. The molecule has 0 saturated heterocycles. The van der Waals surface area contributed by atoms with Crippen LogP contribution in [0, 0.1) is 5.92 Å². The molecule has 8 nitrogen and oxygen atoms in total. The molecule has 0 unspecified atom stereocenters. The van der Waals surface area contributed by atoms with Crippen molar-refractivity contribution in [3.8, 4) is 17.2 Å². The highest BCUT2D eigenvalue weighted by Crippen LogP contribution is 2.26. The Labute approximate surface area is 210 Å². The molecule has 0 spiro atoms. The number of allylic oxidation sites excluding steroid dienone is 1. The largest absolute Gasteiger partial charge is 0.497 e. The van der Waals surface area contributed by atoms with Gasteiger partial charge in [-0.25, -0.2) is 0 Å². The average Bonchev–Trinajstić information content (AvgIpc) is 3.27. The Hall–Kier alpha value is -3.46. The van der Waals surface area contributed by atoms with Crippen molar-refractivity contribution in [3.63, 3.8) is 0 Å². The van der Waals surface area contributed by atoms with Gasteiger partial charge in [0.1, 0.15) is 17.2 Å². The van der Waals surface area contributed by atoms with E-state index in [1.807, 2.05) is 42.7 Å². The first-order chi connectivity index (χ1) is 17.0. The SMILES string of the molecule is C=CCn1c(SCCOc2ccc(OC)cc2)nnc1[C@@H](NC(=O)c1ccc(OC)cc1)C(C)C. The van der Waals surface area contributed by atoms with E-state index in [2.05, 4.69) is 22.1 Å². The fourth-order valence-corrected chi connectivity index (χ4v) is 4.17. The van der Waals surface area contributed by atoms with Crippen molar-refractivity contribution >= 4 is 17.7 Å². The third-order valence-electron chi connectivity index (χ3n) is 5.28. The summed E-state index contributed by atoms with van der Waals surface area (Å²) in [6, 6.07) is 14.2. The van der Waals surface area contributed by atoms with E-state index in [0.717, 1.165) is 16.7 Å². The Bertz CT molecular complexity index is 1100. The molecule has 0 saturated carbocycles. The lowest BCUT2D eigenvalue weighted by Gasteiger charge is -2.22. The molecule has 35 heavy (non-hydrogen) atoms. The Morgan fingerprint density at radius 3 is 2.20 bits per heavy atom. The minimum atomic E-state index is -0.318. The molecule has 0 aliphatic carbocycles. The Morgan fingerprint density at radius 1 is 1.03 bits per heavy atom. The summed E-state index contributed by atoms with van der Waals surface area (Å²) in [7, 11) is 3.23. The van der Waals surface area contributed by atoms with Crippen molar-refractivity contribution in [2.24, 2.45) is 5.92 Å². The Kier molecular flexibility index (Phi) is 9.60. The molecule has 0 aliphatic rings. The zero-order chi connectivity index (χ0) is 25.2. The highest BCUT2D eigenvalue weighted by molar-refractivity contribution is 7.99. The van der Waals surface area contributed by atoms with Gasteiger partial charge in [-0.05, 0) is 54.4 Å². The van der Waals surface area contributed by atoms with Crippen LogP contribution in [-0.2, 0) is 6.54 Å². The molecule has 0 radical (unpaired) electrons. The van der Waals surface area contributed by atoms with Gasteiger partial charge in [-0.2, -0.15) is 0 Å². The topological polar surface area (TPSA) is 87.5 Å².